The number of nitrogens with zero attached hydrogens (tertiary/aromatic N) is 3. The van der Waals surface area contributed by atoms with Crippen LogP contribution in [-0.2, 0) is 0 Å². The molecule has 0 unspecified atom stereocenters. The van der Waals surface area contributed by atoms with Crippen molar-refractivity contribution in [3.8, 4) is 22.5 Å². The fourth-order valence-electron chi connectivity index (χ4n) is 4.19. The lowest BCUT2D eigenvalue weighted by atomic mass is 10.0. The highest BCUT2D eigenvalue weighted by atomic mass is 79.9. The van der Waals surface area contributed by atoms with Crippen molar-refractivity contribution in [3.05, 3.63) is 102 Å². The molecule has 142 valence electrons. The predicted molar refractivity (Wildman–Crippen MR) is 127 cm³/mol. The second-order valence-corrected chi connectivity index (χ2v) is 8.25. The molecule has 4 aromatic carbocycles. The molecule has 0 bridgehead atoms. The Morgan fingerprint density at radius 2 is 1.23 bits per heavy atom. The van der Waals surface area contributed by atoms with E-state index in [1.54, 1.807) is 0 Å². The molecular weight excluding hydrogens is 434 g/mol. The monoisotopic (exact) mass is 449 g/mol. The number of para-hydroxylation sites is 1. The summed E-state index contributed by atoms with van der Waals surface area (Å²) in [4.78, 5) is 0. The Kier molecular flexibility index (Phi) is 3.93. The summed E-state index contributed by atoms with van der Waals surface area (Å²) in [5.74, 6) is 0.851. The number of rotatable bonds is 2. The molecule has 0 saturated heterocycles. The average Bonchev–Trinajstić information content (AvgIpc) is 3.25. The third kappa shape index (κ3) is 2.65. The third-order valence-corrected chi connectivity index (χ3v) is 6.04. The number of hydrogen-bond acceptors (Lipinski definition) is 2. The van der Waals surface area contributed by atoms with Gasteiger partial charge in [0.1, 0.15) is 0 Å². The molecule has 6 aromatic rings. The van der Waals surface area contributed by atoms with E-state index in [0.29, 0.717) is 0 Å². The van der Waals surface area contributed by atoms with Crippen molar-refractivity contribution in [2.45, 2.75) is 0 Å². The summed E-state index contributed by atoms with van der Waals surface area (Å²) < 4.78 is 3.24. The fraction of sp³-hybridized carbons (Fsp3) is 0. The molecule has 0 N–H and O–H groups in total. The summed E-state index contributed by atoms with van der Waals surface area (Å²) in [5.41, 5.74) is 5.35. The second kappa shape index (κ2) is 6.78. The van der Waals surface area contributed by atoms with E-state index in [4.69, 9.17) is 0 Å². The molecule has 0 radical (unpaired) electrons. The molecule has 0 fully saturated rings. The Morgan fingerprint density at radius 1 is 0.567 bits per heavy atom. The zero-order valence-electron chi connectivity index (χ0n) is 16.0. The molecule has 0 saturated carbocycles. The van der Waals surface area contributed by atoms with Gasteiger partial charge >= 0.3 is 0 Å². The van der Waals surface area contributed by atoms with Crippen molar-refractivity contribution < 1.29 is 0 Å². The maximum Gasteiger partial charge on any atom is 0.169 e. The Bertz CT molecular complexity index is 1570. The van der Waals surface area contributed by atoms with Crippen LogP contribution in [0.25, 0.3) is 49.8 Å². The highest BCUT2D eigenvalue weighted by molar-refractivity contribution is 9.10. The Balaban J connectivity index is 1.66. The molecule has 3 nitrogen and oxygen atoms in total. The molecule has 0 aliphatic rings. The van der Waals surface area contributed by atoms with Crippen molar-refractivity contribution >= 4 is 43.3 Å². The standard InChI is InChI=1S/C26H16BrN3/c27-20-10-6-8-18(16-20)17-7-5-9-19(15-17)25-28-29-26-23-13-2-1-11-21(23)22-12-3-4-14-24(22)30(25)26/h1-16H. The van der Waals surface area contributed by atoms with Gasteiger partial charge in [-0.25, -0.2) is 0 Å². The van der Waals surface area contributed by atoms with Gasteiger partial charge in [-0.15, -0.1) is 10.2 Å². The van der Waals surface area contributed by atoms with Crippen LogP contribution in [0.4, 0.5) is 0 Å². The van der Waals surface area contributed by atoms with Crippen LogP contribution in [0, 0.1) is 0 Å². The topological polar surface area (TPSA) is 30.2 Å². The number of pyridine rings is 1. The van der Waals surface area contributed by atoms with Gasteiger partial charge in [-0.2, -0.15) is 0 Å². The van der Waals surface area contributed by atoms with E-state index in [2.05, 4.69) is 122 Å². The SMILES string of the molecule is Brc1cccc(-c2cccc(-c3nnc4c5ccccc5c5ccccc5n34)c2)c1. The minimum Gasteiger partial charge on any atom is -0.274 e. The summed E-state index contributed by atoms with van der Waals surface area (Å²) in [5, 5.41) is 12.7. The average molecular weight is 450 g/mol. The maximum atomic E-state index is 4.62. The quantitative estimate of drug-likeness (QED) is 0.263. The second-order valence-electron chi connectivity index (χ2n) is 7.34. The van der Waals surface area contributed by atoms with Crippen LogP contribution in [0.2, 0.25) is 0 Å². The normalized spacial score (nSPS) is 11.5. The van der Waals surface area contributed by atoms with Crippen molar-refractivity contribution in [3.63, 3.8) is 0 Å². The molecule has 0 aliphatic carbocycles. The molecule has 0 spiro atoms. The fourth-order valence-corrected chi connectivity index (χ4v) is 4.59. The van der Waals surface area contributed by atoms with E-state index >= 15 is 0 Å². The summed E-state index contributed by atoms with van der Waals surface area (Å²) in [6.07, 6.45) is 0. The highest BCUT2D eigenvalue weighted by Gasteiger charge is 2.15. The lowest BCUT2D eigenvalue weighted by Gasteiger charge is -2.10. The Morgan fingerprint density at radius 3 is 2.07 bits per heavy atom. The van der Waals surface area contributed by atoms with Crippen molar-refractivity contribution in [2.24, 2.45) is 0 Å². The van der Waals surface area contributed by atoms with E-state index in [0.717, 1.165) is 43.5 Å². The van der Waals surface area contributed by atoms with Crippen LogP contribution >= 0.6 is 15.9 Å². The first-order chi connectivity index (χ1) is 14.8. The largest absolute Gasteiger partial charge is 0.274 e. The number of aromatic nitrogens is 3. The van der Waals surface area contributed by atoms with E-state index in [-0.39, 0.29) is 0 Å². The number of hydrogen-bond donors (Lipinski definition) is 0. The van der Waals surface area contributed by atoms with E-state index < -0.39 is 0 Å². The highest BCUT2D eigenvalue weighted by Crippen LogP contribution is 2.33. The van der Waals surface area contributed by atoms with E-state index in [9.17, 15) is 0 Å². The first-order valence-corrected chi connectivity index (χ1v) is 10.6. The molecule has 6 rings (SSSR count). The van der Waals surface area contributed by atoms with Gasteiger partial charge < -0.3 is 0 Å². The molecule has 30 heavy (non-hydrogen) atoms. The summed E-state index contributed by atoms with van der Waals surface area (Å²) in [7, 11) is 0. The maximum absolute atomic E-state index is 4.62. The van der Waals surface area contributed by atoms with Gasteiger partial charge in [0, 0.05) is 20.8 Å². The molecule has 0 aliphatic heterocycles. The Hall–Kier alpha value is -3.50. The van der Waals surface area contributed by atoms with Gasteiger partial charge in [-0.05, 0) is 40.8 Å². The van der Waals surface area contributed by atoms with Gasteiger partial charge in [0.05, 0.1) is 5.52 Å². The van der Waals surface area contributed by atoms with Crippen LogP contribution in [0.1, 0.15) is 0 Å². The molecule has 0 atom stereocenters. The third-order valence-electron chi connectivity index (χ3n) is 5.54. The number of halogens is 1. The van der Waals surface area contributed by atoms with Crippen LogP contribution in [0.5, 0.6) is 0 Å². The minimum absolute atomic E-state index is 0.851. The van der Waals surface area contributed by atoms with Gasteiger partial charge in [-0.3, -0.25) is 4.40 Å². The van der Waals surface area contributed by atoms with Crippen molar-refractivity contribution in [1.29, 1.82) is 0 Å². The molecule has 2 heterocycles. The minimum atomic E-state index is 0.851. The summed E-state index contributed by atoms with van der Waals surface area (Å²) in [6, 6.07) is 33.7. The lowest BCUT2D eigenvalue weighted by Crippen LogP contribution is -1.94. The van der Waals surface area contributed by atoms with Crippen molar-refractivity contribution in [2.75, 3.05) is 0 Å². The zero-order chi connectivity index (χ0) is 20.1. The number of fused-ring (bicyclic) bond motifs is 6. The molecule has 4 heteroatoms. The van der Waals surface area contributed by atoms with Crippen LogP contribution in [0.15, 0.2) is 102 Å². The molecule has 2 aromatic heterocycles. The first kappa shape index (κ1) is 17.4. The van der Waals surface area contributed by atoms with E-state index in [1.165, 1.54) is 10.8 Å². The van der Waals surface area contributed by atoms with Gasteiger partial charge in [0.2, 0.25) is 0 Å². The lowest BCUT2D eigenvalue weighted by molar-refractivity contribution is 1.12. The number of benzene rings is 4. The molecule has 0 amide bonds. The van der Waals surface area contributed by atoms with Crippen LogP contribution in [-0.4, -0.2) is 14.6 Å². The van der Waals surface area contributed by atoms with Gasteiger partial charge in [-0.1, -0.05) is 88.7 Å². The van der Waals surface area contributed by atoms with E-state index in [1.807, 2.05) is 6.07 Å². The van der Waals surface area contributed by atoms with Crippen LogP contribution in [0.3, 0.4) is 0 Å². The van der Waals surface area contributed by atoms with Gasteiger partial charge in [0.15, 0.2) is 11.5 Å². The van der Waals surface area contributed by atoms with Crippen LogP contribution < -0.4 is 0 Å². The smallest absolute Gasteiger partial charge is 0.169 e. The van der Waals surface area contributed by atoms with Gasteiger partial charge in [0.25, 0.3) is 0 Å². The first-order valence-electron chi connectivity index (χ1n) is 9.80. The Labute approximate surface area is 181 Å². The summed E-state index contributed by atoms with van der Waals surface area (Å²) >= 11 is 3.57. The summed E-state index contributed by atoms with van der Waals surface area (Å²) in [6.45, 7) is 0. The van der Waals surface area contributed by atoms with Crippen molar-refractivity contribution in [1.82, 2.24) is 14.6 Å². The predicted octanol–water partition coefficient (Wildman–Crippen LogP) is 7.13. The molecular formula is C26H16BrN3. The zero-order valence-corrected chi connectivity index (χ0v) is 17.5.